The van der Waals surface area contributed by atoms with Crippen LogP contribution in [0.1, 0.15) is 18.3 Å². The molecule has 27 heavy (non-hydrogen) atoms. The van der Waals surface area contributed by atoms with Gasteiger partial charge in [0.1, 0.15) is 11.8 Å². The molecule has 0 amide bonds. The summed E-state index contributed by atoms with van der Waals surface area (Å²) in [6, 6.07) is 19.0. The van der Waals surface area contributed by atoms with Gasteiger partial charge in [-0.3, -0.25) is 0 Å². The van der Waals surface area contributed by atoms with Crippen LogP contribution >= 0.6 is 0 Å². The zero-order valence-electron chi connectivity index (χ0n) is 14.8. The molecular formula is C20H18N6O. The number of aromatic nitrogens is 3. The highest BCUT2D eigenvalue weighted by Gasteiger charge is 2.10. The van der Waals surface area contributed by atoms with Crippen molar-refractivity contribution in [2.75, 3.05) is 17.7 Å². The number of rotatable bonds is 6. The van der Waals surface area contributed by atoms with Gasteiger partial charge in [-0.2, -0.15) is 20.2 Å². The third-order valence-electron chi connectivity index (χ3n) is 3.55. The largest absolute Gasteiger partial charge is 0.494 e. The number of hydrogen-bond donors (Lipinski definition) is 2. The molecule has 0 saturated carbocycles. The Bertz CT molecular complexity index is 978. The summed E-state index contributed by atoms with van der Waals surface area (Å²) in [4.78, 5) is 12.5. The summed E-state index contributed by atoms with van der Waals surface area (Å²) >= 11 is 0. The lowest BCUT2D eigenvalue weighted by molar-refractivity contribution is 0.340. The topological polar surface area (TPSA) is 110 Å². The number of allylic oxidation sites excluding steroid dienone is 1. The van der Waals surface area contributed by atoms with Gasteiger partial charge in [-0.15, -0.1) is 0 Å². The molecule has 3 rings (SSSR count). The Kier molecular flexibility index (Phi) is 5.60. The number of nitrogens with zero attached hydrogens (tertiary/aromatic N) is 4. The van der Waals surface area contributed by atoms with Crippen LogP contribution in [0.15, 0.2) is 54.6 Å². The van der Waals surface area contributed by atoms with E-state index < -0.39 is 0 Å². The van der Waals surface area contributed by atoms with Gasteiger partial charge in [0.15, 0.2) is 5.82 Å². The van der Waals surface area contributed by atoms with Crippen molar-refractivity contribution >= 4 is 29.2 Å². The fourth-order valence-electron chi connectivity index (χ4n) is 2.36. The van der Waals surface area contributed by atoms with Crippen molar-refractivity contribution in [1.29, 1.82) is 5.26 Å². The SMILES string of the molecule is CCOc1ccc(/C=C(\C#N)c2nc(N)nc(Nc3ccccc3)n2)cc1. The summed E-state index contributed by atoms with van der Waals surface area (Å²) in [5.41, 5.74) is 7.71. The number of benzene rings is 2. The molecule has 0 aliphatic rings. The summed E-state index contributed by atoms with van der Waals surface area (Å²) in [7, 11) is 0. The molecule has 7 nitrogen and oxygen atoms in total. The molecule has 0 aliphatic heterocycles. The number of nitrogens with one attached hydrogen (secondary N) is 1. The van der Waals surface area contributed by atoms with Gasteiger partial charge >= 0.3 is 0 Å². The first-order valence-electron chi connectivity index (χ1n) is 8.36. The summed E-state index contributed by atoms with van der Waals surface area (Å²) in [6.07, 6.45) is 1.69. The second kappa shape index (κ2) is 8.45. The molecule has 0 saturated heterocycles. The Morgan fingerprint density at radius 1 is 1.11 bits per heavy atom. The zero-order chi connectivity index (χ0) is 19.1. The average Bonchev–Trinajstić information content (AvgIpc) is 2.68. The fourth-order valence-corrected chi connectivity index (χ4v) is 2.36. The van der Waals surface area contributed by atoms with Crippen molar-refractivity contribution in [3.8, 4) is 11.8 Å². The van der Waals surface area contributed by atoms with Gasteiger partial charge in [0, 0.05) is 5.69 Å². The lowest BCUT2D eigenvalue weighted by Crippen LogP contribution is -2.06. The first kappa shape index (κ1) is 17.9. The van der Waals surface area contributed by atoms with Crippen LogP contribution in [-0.2, 0) is 0 Å². The van der Waals surface area contributed by atoms with Gasteiger partial charge in [0.25, 0.3) is 0 Å². The third kappa shape index (κ3) is 4.80. The van der Waals surface area contributed by atoms with Crippen LogP contribution in [0, 0.1) is 11.3 Å². The highest BCUT2D eigenvalue weighted by atomic mass is 16.5. The minimum atomic E-state index is 0.0336. The van der Waals surface area contributed by atoms with E-state index in [9.17, 15) is 5.26 Å². The van der Waals surface area contributed by atoms with E-state index in [0.29, 0.717) is 6.61 Å². The molecule has 0 unspecified atom stereocenters. The zero-order valence-corrected chi connectivity index (χ0v) is 14.8. The Morgan fingerprint density at radius 2 is 1.85 bits per heavy atom. The predicted molar refractivity (Wildman–Crippen MR) is 105 cm³/mol. The number of anilines is 3. The van der Waals surface area contributed by atoms with Crippen LogP contribution in [0.2, 0.25) is 0 Å². The highest BCUT2D eigenvalue weighted by molar-refractivity contribution is 5.87. The maximum absolute atomic E-state index is 9.55. The molecule has 1 heterocycles. The van der Waals surface area contributed by atoms with Gasteiger partial charge in [-0.25, -0.2) is 0 Å². The van der Waals surface area contributed by atoms with Crippen LogP contribution in [0.4, 0.5) is 17.6 Å². The van der Waals surface area contributed by atoms with Gasteiger partial charge in [0.2, 0.25) is 11.9 Å². The lowest BCUT2D eigenvalue weighted by atomic mass is 10.1. The predicted octanol–water partition coefficient (Wildman–Crippen LogP) is 3.66. The van der Waals surface area contributed by atoms with Crippen molar-refractivity contribution in [1.82, 2.24) is 15.0 Å². The molecule has 134 valence electrons. The molecule has 1 aromatic heterocycles. The van der Waals surface area contributed by atoms with E-state index in [1.807, 2.05) is 61.5 Å². The molecule has 7 heteroatoms. The first-order valence-corrected chi connectivity index (χ1v) is 8.36. The Labute approximate surface area is 157 Å². The van der Waals surface area contributed by atoms with E-state index >= 15 is 0 Å². The van der Waals surface area contributed by atoms with Gasteiger partial charge in [-0.05, 0) is 42.8 Å². The molecule has 0 radical (unpaired) electrons. The van der Waals surface area contributed by atoms with E-state index in [0.717, 1.165) is 17.0 Å². The Morgan fingerprint density at radius 3 is 2.52 bits per heavy atom. The molecule has 0 atom stereocenters. The normalized spacial score (nSPS) is 10.9. The van der Waals surface area contributed by atoms with E-state index in [1.54, 1.807) is 6.08 Å². The highest BCUT2D eigenvalue weighted by Crippen LogP contribution is 2.20. The standard InChI is InChI=1S/C20H18N6O/c1-2-27-17-10-8-14(9-11-17)12-15(13-21)18-24-19(22)26-20(25-18)23-16-6-4-3-5-7-16/h3-12H,2H2,1H3,(H3,22,23,24,25,26)/b15-12+. The average molecular weight is 358 g/mol. The fraction of sp³-hybridized carbons (Fsp3) is 0.100. The molecule has 3 N–H and O–H groups in total. The summed E-state index contributed by atoms with van der Waals surface area (Å²) < 4.78 is 5.42. The van der Waals surface area contributed by atoms with Crippen LogP contribution in [0.3, 0.4) is 0 Å². The van der Waals surface area contributed by atoms with Crippen molar-refractivity contribution in [3.05, 3.63) is 66.0 Å². The maximum atomic E-state index is 9.55. The van der Waals surface area contributed by atoms with E-state index in [4.69, 9.17) is 10.5 Å². The molecule has 3 aromatic rings. The number of nitriles is 1. The summed E-state index contributed by atoms with van der Waals surface area (Å²) in [6.45, 7) is 2.52. The van der Waals surface area contributed by atoms with E-state index in [-0.39, 0.29) is 23.3 Å². The van der Waals surface area contributed by atoms with Crippen molar-refractivity contribution in [2.24, 2.45) is 0 Å². The molecular weight excluding hydrogens is 340 g/mol. The maximum Gasteiger partial charge on any atom is 0.232 e. The first-order chi connectivity index (χ1) is 13.2. The number of hydrogen-bond acceptors (Lipinski definition) is 7. The molecule has 2 aromatic carbocycles. The molecule has 0 fully saturated rings. The molecule has 0 spiro atoms. The summed E-state index contributed by atoms with van der Waals surface area (Å²) in [5, 5.41) is 12.6. The van der Waals surface area contributed by atoms with Gasteiger partial charge < -0.3 is 15.8 Å². The molecule has 0 aliphatic carbocycles. The Hall–Kier alpha value is -3.92. The Balaban J connectivity index is 1.89. The van der Waals surface area contributed by atoms with E-state index in [1.165, 1.54) is 0 Å². The smallest absolute Gasteiger partial charge is 0.232 e. The van der Waals surface area contributed by atoms with E-state index in [2.05, 4.69) is 26.3 Å². The van der Waals surface area contributed by atoms with Crippen LogP contribution < -0.4 is 15.8 Å². The second-order valence-electron chi connectivity index (χ2n) is 5.50. The quantitative estimate of drug-likeness (QED) is 0.647. The van der Waals surface area contributed by atoms with Crippen LogP contribution in [0.5, 0.6) is 5.75 Å². The van der Waals surface area contributed by atoms with Crippen molar-refractivity contribution in [3.63, 3.8) is 0 Å². The van der Waals surface area contributed by atoms with Crippen LogP contribution in [0.25, 0.3) is 11.6 Å². The minimum Gasteiger partial charge on any atom is -0.494 e. The number of para-hydroxylation sites is 1. The van der Waals surface area contributed by atoms with Gasteiger partial charge in [-0.1, -0.05) is 30.3 Å². The van der Waals surface area contributed by atoms with Crippen molar-refractivity contribution in [2.45, 2.75) is 6.92 Å². The lowest BCUT2D eigenvalue weighted by Gasteiger charge is -2.07. The number of nitrogens with two attached hydrogens (primary N) is 1. The van der Waals surface area contributed by atoms with Crippen molar-refractivity contribution < 1.29 is 4.74 Å². The van der Waals surface area contributed by atoms with Crippen LogP contribution in [-0.4, -0.2) is 21.6 Å². The molecule has 0 bridgehead atoms. The van der Waals surface area contributed by atoms with Gasteiger partial charge in [0.05, 0.1) is 12.2 Å². The third-order valence-corrected chi connectivity index (χ3v) is 3.55. The second-order valence-corrected chi connectivity index (χ2v) is 5.50. The number of nitrogen functional groups attached to an aromatic ring is 1. The summed E-state index contributed by atoms with van der Waals surface area (Å²) in [5.74, 6) is 1.28. The number of ether oxygens (including phenoxy) is 1. The monoisotopic (exact) mass is 358 g/mol. The minimum absolute atomic E-state index is 0.0336.